The Balaban J connectivity index is 1.87. The highest BCUT2D eigenvalue weighted by molar-refractivity contribution is 6.15. The maximum atomic E-state index is 12.0. The van der Waals surface area contributed by atoms with Crippen LogP contribution < -0.4 is 5.32 Å². The molecule has 1 aliphatic heterocycles. The van der Waals surface area contributed by atoms with Gasteiger partial charge in [-0.25, -0.2) is 14.4 Å². The van der Waals surface area contributed by atoms with Crippen molar-refractivity contribution in [2.45, 2.75) is 19.6 Å². The van der Waals surface area contributed by atoms with Crippen LogP contribution in [0.5, 0.6) is 0 Å². The van der Waals surface area contributed by atoms with Crippen LogP contribution in [-0.2, 0) is 23.8 Å². The zero-order chi connectivity index (χ0) is 19.6. The van der Waals surface area contributed by atoms with E-state index in [1.807, 2.05) is 0 Å². The number of anilines is 1. The number of cyclic esters (lactones) is 2. The summed E-state index contributed by atoms with van der Waals surface area (Å²) in [6, 6.07) is 10.1. The highest BCUT2D eigenvalue weighted by atomic mass is 16.7. The number of hydrogen-bond acceptors (Lipinski definition) is 8. The Morgan fingerprint density at radius 3 is 2.41 bits per heavy atom. The quantitative estimate of drug-likeness (QED) is 0.497. The van der Waals surface area contributed by atoms with E-state index >= 15 is 0 Å². The van der Waals surface area contributed by atoms with Crippen LogP contribution in [0, 0.1) is 0 Å². The molecule has 8 nitrogen and oxygen atoms in total. The fourth-order valence-electron chi connectivity index (χ4n) is 2.45. The Labute approximate surface area is 154 Å². The molecule has 0 radical (unpaired) electrons. The maximum absolute atomic E-state index is 12.0. The third kappa shape index (κ3) is 3.84. The molecule has 1 aromatic carbocycles. The van der Waals surface area contributed by atoms with Crippen LogP contribution in [0.1, 0.15) is 24.4 Å². The van der Waals surface area contributed by atoms with Gasteiger partial charge in [-0.05, 0) is 24.3 Å². The first kappa shape index (κ1) is 18.2. The van der Waals surface area contributed by atoms with Gasteiger partial charge in [-0.3, -0.25) is 0 Å². The van der Waals surface area contributed by atoms with E-state index in [4.69, 9.17) is 13.9 Å². The Morgan fingerprint density at radius 1 is 1.07 bits per heavy atom. The first-order valence-electron chi connectivity index (χ1n) is 8.01. The molecule has 8 heteroatoms. The molecule has 3 rings (SSSR count). The second kappa shape index (κ2) is 6.99. The van der Waals surface area contributed by atoms with E-state index in [9.17, 15) is 14.4 Å². The molecule has 1 aliphatic rings. The molecule has 1 saturated heterocycles. The van der Waals surface area contributed by atoms with Crippen molar-refractivity contribution in [1.29, 1.82) is 0 Å². The predicted octanol–water partition coefficient (Wildman–Crippen LogP) is 2.87. The lowest BCUT2D eigenvalue weighted by Gasteiger charge is -2.29. The zero-order valence-electron chi connectivity index (χ0n) is 14.9. The molecular formula is C19H17NO7. The lowest BCUT2D eigenvalue weighted by atomic mass is 10.1. The van der Waals surface area contributed by atoms with E-state index in [0.717, 1.165) is 0 Å². The monoisotopic (exact) mass is 371 g/mol. The van der Waals surface area contributed by atoms with Gasteiger partial charge in [-0.1, -0.05) is 12.1 Å². The largest absolute Gasteiger partial charge is 0.463 e. The molecule has 0 spiro atoms. The number of furan rings is 1. The van der Waals surface area contributed by atoms with Crippen LogP contribution in [-0.4, -0.2) is 30.8 Å². The zero-order valence-corrected chi connectivity index (χ0v) is 14.9. The van der Waals surface area contributed by atoms with Crippen molar-refractivity contribution in [2.75, 3.05) is 12.4 Å². The summed E-state index contributed by atoms with van der Waals surface area (Å²) < 4.78 is 20.2. The molecule has 140 valence electrons. The average Bonchev–Trinajstić information content (AvgIpc) is 3.09. The summed E-state index contributed by atoms with van der Waals surface area (Å²) in [5.41, 5.74) is 0.891. The van der Waals surface area contributed by atoms with Crippen molar-refractivity contribution >= 4 is 23.6 Å². The van der Waals surface area contributed by atoms with Crippen LogP contribution in [0.2, 0.25) is 0 Å². The number of para-hydroxylation sites is 1. The molecular weight excluding hydrogens is 354 g/mol. The lowest BCUT2D eigenvalue weighted by Crippen LogP contribution is -2.42. The summed E-state index contributed by atoms with van der Waals surface area (Å²) in [4.78, 5) is 35.6. The minimum Gasteiger partial charge on any atom is -0.463 e. The van der Waals surface area contributed by atoms with Gasteiger partial charge in [-0.15, -0.1) is 0 Å². The number of methoxy groups -OCH3 is 1. The molecule has 0 amide bonds. The smallest absolute Gasteiger partial charge is 0.373 e. The normalized spacial score (nSPS) is 15.6. The molecule has 1 fully saturated rings. The summed E-state index contributed by atoms with van der Waals surface area (Å²) >= 11 is 0. The molecule has 0 saturated carbocycles. The molecule has 1 N–H and O–H groups in total. The molecule has 0 aliphatic carbocycles. The van der Waals surface area contributed by atoms with Crippen LogP contribution >= 0.6 is 0 Å². The van der Waals surface area contributed by atoms with Gasteiger partial charge in [0.25, 0.3) is 5.79 Å². The molecule has 2 aromatic rings. The van der Waals surface area contributed by atoms with E-state index in [0.29, 0.717) is 17.0 Å². The predicted molar refractivity (Wildman–Crippen MR) is 93.5 cm³/mol. The summed E-state index contributed by atoms with van der Waals surface area (Å²) in [6.45, 7) is 2.94. The second-order valence-electron chi connectivity index (χ2n) is 6.08. The highest BCUT2D eigenvalue weighted by Gasteiger charge is 2.39. The SMILES string of the molecule is COC(=O)c1ccc(-c2ccccc2NC=C2C(=O)OC(C)(C)OC2=O)o1. The van der Waals surface area contributed by atoms with Crippen LogP contribution in [0.15, 0.2) is 52.6 Å². The third-order valence-corrected chi connectivity index (χ3v) is 3.67. The second-order valence-corrected chi connectivity index (χ2v) is 6.08. The topological polar surface area (TPSA) is 104 Å². The number of rotatable bonds is 4. The minimum atomic E-state index is -1.30. The molecule has 1 aromatic heterocycles. The van der Waals surface area contributed by atoms with Gasteiger partial charge < -0.3 is 23.9 Å². The summed E-state index contributed by atoms with van der Waals surface area (Å²) in [5, 5.41) is 2.88. The number of carbonyl (C=O) groups is 3. The van der Waals surface area contributed by atoms with E-state index in [-0.39, 0.29) is 11.3 Å². The number of carbonyl (C=O) groups excluding carboxylic acids is 3. The van der Waals surface area contributed by atoms with Gasteiger partial charge in [0.15, 0.2) is 5.57 Å². The van der Waals surface area contributed by atoms with Crippen molar-refractivity contribution in [3.63, 3.8) is 0 Å². The number of ether oxygens (including phenoxy) is 3. The number of esters is 3. The Morgan fingerprint density at radius 2 is 1.74 bits per heavy atom. The first-order chi connectivity index (χ1) is 12.8. The van der Waals surface area contributed by atoms with Crippen molar-refractivity contribution in [1.82, 2.24) is 0 Å². The molecule has 0 atom stereocenters. The van der Waals surface area contributed by atoms with Gasteiger partial charge in [0.1, 0.15) is 5.76 Å². The average molecular weight is 371 g/mol. The first-order valence-corrected chi connectivity index (χ1v) is 8.01. The Bertz CT molecular complexity index is 917. The number of nitrogens with one attached hydrogen (secondary N) is 1. The third-order valence-electron chi connectivity index (χ3n) is 3.67. The highest BCUT2D eigenvalue weighted by Crippen LogP contribution is 2.30. The molecule has 27 heavy (non-hydrogen) atoms. The van der Waals surface area contributed by atoms with Gasteiger partial charge >= 0.3 is 17.9 Å². The van der Waals surface area contributed by atoms with Crippen LogP contribution in [0.3, 0.4) is 0 Å². The van der Waals surface area contributed by atoms with E-state index in [1.54, 1.807) is 30.3 Å². The maximum Gasteiger partial charge on any atom is 0.373 e. The van der Waals surface area contributed by atoms with Crippen LogP contribution in [0.25, 0.3) is 11.3 Å². The molecule has 2 heterocycles. The summed E-state index contributed by atoms with van der Waals surface area (Å²) in [6.07, 6.45) is 1.21. The van der Waals surface area contributed by atoms with E-state index in [2.05, 4.69) is 10.1 Å². The summed E-state index contributed by atoms with van der Waals surface area (Å²) in [5.74, 6) is -3.00. The fourth-order valence-corrected chi connectivity index (χ4v) is 2.45. The summed E-state index contributed by atoms with van der Waals surface area (Å²) in [7, 11) is 1.26. The van der Waals surface area contributed by atoms with Crippen LogP contribution in [0.4, 0.5) is 5.69 Å². The van der Waals surface area contributed by atoms with Crippen molar-refractivity contribution in [2.24, 2.45) is 0 Å². The Kier molecular flexibility index (Phi) is 4.72. The van der Waals surface area contributed by atoms with Crippen molar-refractivity contribution in [3.05, 3.63) is 53.9 Å². The Hall–Kier alpha value is -3.55. The molecule has 0 bridgehead atoms. The van der Waals surface area contributed by atoms with Gasteiger partial charge in [0.05, 0.1) is 7.11 Å². The van der Waals surface area contributed by atoms with Gasteiger partial charge in [0.2, 0.25) is 5.76 Å². The van der Waals surface area contributed by atoms with Gasteiger partial charge in [0, 0.05) is 31.3 Å². The van der Waals surface area contributed by atoms with Gasteiger partial charge in [-0.2, -0.15) is 0 Å². The minimum absolute atomic E-state index is 0.0577. The molecule has 0 unspecified atom stereocenters. The number of benzene rings is 1. The van der Waals surface area contributed by atoms with E-state index < -0.39 is 23.7 Å². The standard InChI is InChI=1S/C19H17NO7/c1-19(2)26-16(21)12(17(22)27-19)10-20-13-7-5-4-6-11(13)14-8-9-15(25-14)18(23)24-3/h4-10,20H,1-3H3. The lowest BCUT2D eigenvalue weighted by molar-refractivity contribution is -0.222. The number of hydrogen-bond donors (Lipinski definition) is 1. The van der Waals surface area contributed by atoms with Crippen molar-refractivity contribution < 1.29 is 33.0 Å². The fraction of sp³-hybridized carbons (Fsp3) is 0.211. The van der Waals surface area contributed by atoms with E-state index in [1.165, 1.54) is 33.2 Å². The van der Waals surface area contributed by atoms with Crippen molar-refractivity contribution in [3.8, 4) is 11.3 Å².